The van der Waals surface area contributed by atoms with Gasteiger partial charge in [-0.2, -0.15) is 0 Å². The van der Waals surface area contributed by atoms with Gasteiger partial charge in [0, 0.05) is 6.61 Å². The summed E-state index contributed by atoms with van der Waals surface area (Å²) in [6, 6.07) is 18.6. The van der Waals surface area contributed by atoms with Gasteiger partial charge in [0.15, 0.2) is 0 Å². The highest BCUT2D eigenvalue weighted by molar-refractivity contribution is 5.26. The van der Waals surface area contributed by atoms with Gasteiger partial charge >= 0.3 is 0 Å². The Kier molecular flexibility index (Phi) is 11.1. The van der Waals surface area contributed by atoms with Crippen LogP contribution in [0.5, 0.6) is 0 Å². The minimum absolute atomic E-state index is 0.738. The molecule has 0 spiro atoms. The minimum Gasteiger partial charge on any atom is -0.377 e. The fraction of sp³-hybridized carbons (Fsp3) is 0.548. The molecule has 1 aliphatic carbocycles. The first-order chi connectivity index (χ1) is 15.8. The molecular formula is C31H44O. The Balaban J connectivity index is 1.33. The molecule has 1 fully saturated rings. The molecule has 2 aromatic carbocycles. The first-order valence-corrected chi connectivity index (χ1v) is 13.1. The Morgan fingerprint density at radius 3 is 2.00 bits per heavy atom. The van der Waals surface area contributed by atoms with Crippen LogP contribution >= 0.6 is 0 Å². The lowest BCUT2D eigenvalue weighted by Gasteiger charge is -2.28. The van der Waals surface area contributed by atoms with Gasteiger partial charge < -0.3 is 4.74 Å². The Bertz CT molecular complexity index is 763. The second kappa shape index (κ2) is 14.3. The van der Waals surface area contributed by atoms with Gasteiger partial charge in [-0.1, -0.05) is 67.6 Å². The molecule has 0 heterocycles. The largest absolute Gasteiger partial charge is 0.377 e. The Labute approximate surface area is 197 Å². The zero-order valence-electron chi connectivity index (χ0n) is 20.5. The van der Waals surface area contributed by atoms with Crippen LogP contribution in [-0.2, 0) is 24.2 Å². The molecule has 0 radical (unpaired) electrons. The van der Waals surface area contributed by atoms with E-state index in [9.17, 15) is 0 Å². The summed E-state index contributed by atoms with van der Waals surface area (Å²) in [6.07, 6.45) is 18.7. The van der Waals surface area contributed by atoms with E-state index in [0.29, 0.717) is 0 Å². The van der Waals surface area contributed by atoms with Gasteiger partial charge in [0.2, 0.25) is 0 Å². The van der Waals surface area contributed by atoms with Gasteiger partial charge in [-0.15, -0.1) is 0 Å². The van der Waals surface area contributed by atoms with Crippen molar-refractivity contribution in [3.05, 3.63) is 82.9 Å². The van der Waals surface area contributed by atoms with Gasteiger partial charge in [0.1, 0.15) is 0 Å². The number of hydrogen-bond acceptors (Lipinski definition) is 1. The summed E-state index contributed by atoms with van der Waals surface area (Å²) < 4.78 is 5.62. The summed E-state index contributed by atoms with van der Waals surface area (Å²) in [6.45, 7) is 5.87. The van der Waals surface area contributed by atoms with Crippen molar-refractivity contribution in [3.8, 4) is 0 Å². The second-order valence-electron chi connectivity index (χ2n) is 9.68. The fourth-order valence-corrected chi connectivity index (χ4v) is 5.03. The highest BCUT2D eigenvalue weighted by atomic mass is 16.5. The number of ether oxygens (including phenoxy) is 1. The number of rotatable bonds is 13. The molecule has 0 bridgehead atoms. The normalized spacial score (nSPS) is 18.9. The molecular weight excluding hydrogens is 388 g/mol. The molecule has 0 saturated heterocycles. The van der Waals surface area contributed by atoms with Crippen LogP contribution in [0.25, 0.3) is 0 Å². The van der Waals surface area contributed by atoms with E-state index in [1.807, 2.05) is 0 Å². The van der Waals surface area contributed by atoms with E-state index < -0.39 is 0 Å². The predicted molar refractivity (Wildman–Crippen MR) is 138 cm³/mol. The molecule has 1 aliphatic rings. The number of benzene rings is 2. The van der Waals surface area contributed by atoms with Crippen LogP contribution in [-0.4, -0.2) is 6.61 Å². The average molecular weight is 433 g/mol. The fourth-order valence-electron chi connectivity index (χ4n) is 5.03. The van der Waals surface area contributed by atoms with Crippen molar-refractivity contribution in [1.82, 2.24) is 0 Å². The maximum atomic E-state index is 5.62. The maximum absolute atomic E-state index is 5.62. The summed E-state index contributed by atoms with van der Waals surface area (Å²) >= 11 is 0. The van der Waals surface area contributed by atoms with Crippen molar-refractivity contribution >= 4 is 0 Å². The molecule has 0 aromatic heterocycles. The van der Waals surface area contributed by atoms with E-state index in [1.54, 1.807) is 5.56 Å². The van der Waals surface area contributed by atoms with E-state index in [2.05, 4.69) is 74.5 Å². The van der Waals surface area contributed by atoms with Gasteiger partial charge in [0.05, 0.1) is 6.61 Å². The topological polar surface area (TPSA) is 9.23 Å². The molecule has 174 valence electrons. The van der Waals surface area contributed by atoms with E-state index in [4.69, 9.17) is 4.74 Å². The van der Waals surface area contributed by atoms with Gasteiger partial charge in [0.25, 0.3) is 0 Å². The summed E-state index contributed by atoms with van der Waals surface area (Å²) in [5.41, 5.74) is 5.80. The lowest BCUT2D eigenvalue weighted by atomic mass is 9.77. The highest BCUT2D eigenvalue weighted by Gasteiger charge is 2.21. The zero-order valence-corrected chi connectivity index (χ0v) is 20.5. The third-order valence-electron chi connectivity index (χ3n) is 7.10. The zero-order chi connectivity index (χ0) is 22.4. The quantitative estimate of drug-likeness (QED) is 0.227. The number of unbranched alkanes of at least 4 members (excludes halogenated alkanes) is 1. The monoisotopic (exact) mass is 432 g/mol. The summed E-state index contributed by atoms with van der Waals surface area (Å²) in [5, 5.41) is 0. The third-order valence-corrected chi connectivity index (χ3v) is 7.10. The third kappa shape index (κ3) is 8.58. The lowest BCUT2D eigenvalue weighted by molar-refractivity contribution is 0.121. The molecule has 1 nitrogen and oxygen atoms in total. The van der Waals surface area contributed by atoms with E-state index in [0.717, 1.165) is 31.5 Å². The van der Waals surface area contributed by atoms with E-state index >= 15 is 0 Å². The standard InChI is InChI=1S/C31H44O/c1-3-5-6-9-27-16-20-30(21-17-27)31-22-18-28(19-23-31)11-8-7-10-26-12-14-29(15-13-26)25-32-24-4-2/h3,5,12-15,18-19,22-23,27,30H,4,6-11,16-17,20-21,24-25H2,1-2H3/b5-3+/t27-,30-. The van der Waals surface area contributed by atoms with Crippen LogP contribution in [0.3, 0.4) is 0 Å². The van der Waals surface area contributed by atoms with Crippen molar-refractivity contribution in [2.75, 3.05) is 6.61 Å². The molecule has 0 amide bonds. The molecule has 3 rings (SSSR count). The van der Waals surface area contributed by atoms with Crippen molar-refractivity contribution in [2.45, 2.75) is 97.0 Å². The van der Waals surface area contributed by atoms with Crippen LogP contribution in [0, 0.1) is 5.92 Å². The van der Waals surface area contributed by atoms with Gasteiger partial charge in [-0.25, -0.2) is 0 Å². The molecule has 1 saturated carbocycles. The Hall–Kier alpha value is -1.86. The number of allylic oxidation sites excluding steroid dienone is 2. The summed E-state index contributed by atoms with van der Waals surface area (Å²) in [7, 11) is 0. The molecule has 2 aromatic rings. The maximum Gasteiger partial charge on any atom is 0.0716 e. The Morgan fingerprint density at radius 1 is 0.812 bits per heavy atom. The molecule has 0 N–H and O–H groups in total. The average Bonchev–Trinajstić information content (AvgIpc) is 2.84. The lowest BCUT2D eigenvalue weighted by Crippen LogP contribution is -2.13. The predicted octanol–water partition coefficient (Wildman–Crippen LogP) is 8.81. The summed E-state index contributed by atoms with van der Waals surface area (Å²) in [5.74, 6) is 1.74. The molecule has 0 unspecified atom stereocenters. The van der Waals surface area contributed by atoms with Crippen LogP contribution in [0.2, 0.25) is 0 Å². The highest BCUT2D eigenvalue weighted by Crippen LogP contribution is 2.37. The number of hydrogen-bond donors (Lipinski definition) is 0. The van der Waals surface area contributed by atoms with Crippen molar-refractivity contribution in [1.29, 1.82) is 0 Å². The van der Waals surface area contributed by atoms with E-state index in [-0.39, 0.29) is 0 Å². The van der Waals surface area contributed by atoms with Gasteiger partial charge in [-0.3, -0.25) is 0 Å². The van der Waals surface area contributed by atoms with Gasteiger partial charge in [-0.05, 0) is 112 Å². The first-order valence-electron chi connectivity index (χ1n) is 13.1. The SMILES string of the molecule is C/C=C/CC[C@H]1CC[C@H](c2ccc(CCCCc3ccc(COCCC)cc3)cc2)CC1. The van der Waals surface area contributed by atoms with E-state index in [1.165, 1.54) is 80.9 Å². The summed E-state index contributed by atoms with van der Waals surface area (Å²) in [4.78, 5) is 0. The molecule has 32 heavy (non-hydrogen) atoms. The van der Waals surface area contributed by atoms with Crippen LogP contribution in [0.4, 0.5) is 0 Å². The van der Waals surface area contributed by atoms with Crippen molar-refractivity contribution in [3.63, 3.8) is 0 Å². The Morgan fingerprint density at radius 2 is 1.41 bits per heavy atom. The first kappa shape index (κ1) is 24.8. The second-order valence-corrected chi connectivity index (χ2v) is 9.68. The molecule has 0 atom stereocenters. The van der Waals surface area contributed by atoms with Crippen LogP contribution in [0.1, 0.15) is 99.8 Å². The van der Waals surface area contributed by atoms with Crippen molar-refractivity contribution < 1.29 is 4.74 Å². The van der Waals surface area contributed by atoms with Crippen LogP contribution < -0.4 is 0 Å². The number of aryl methyl sites for hydroxylation is 2. The molecule has 1 heteroatoms. The smallest absolute Gasteiger partial charge is 0.0716 e. The van der Waals surface area contributed by atoms with Crippen molar-refractivity contribution in [2.24, 2.45) is 5.92 Å². The minimum atomic E-state index is 0.738. The van der Waals surface area contributed by atoms with Crippen LogP contribution in [0.15, 0.2) is 60.7 Å². The molecule has 0 aliphatic heterocycles.